The number of Topliss-reactive ketones (excluding diaryl/α,β-unsaturated/α-hetero) is 1. The molecule has 0 aliphatic rings. The number of ketones is 1. The van der Waals surface area contributed by atoms with E-state index in [1.54, 1.807) is 19.3 Å². The third-order valence-corrected chi connectivity index (χ3v) is 5.46. The van der Waals surface area contributed by atoms with Crippen molar-refractivity contribution in [2.45, 2.75) is 6.42 Å². The molecule has 0 saturated heterocycles. The van der Waals surface area contributed by atoms with Crippen molar-refractivity contribution in [2.75, 3.05) is 13.7 Å². The Kier molecular flexibility index (Phi) is 6.57. The second kappa shape index (κ2) is 9.30. The Bertz CT molecular complexity index is 925. The van der Waals surface area contributed by atoms with E-state index in [0.717, 1.165) is 15.3 Å². The summed E-state index contributed by atoms with van der Waals surface area (Å²) < 4.78 is 10.4. The maximum atomic E-state index is 12.6. The summed E-state index contributed by atoms with van der Waals surface area (Å²) in [7, 11) is 1.58. The van der Waals surface area contributed by atoms with E-state index < -0.39 is 5.97 Å². The van der Waals surface area contributed by atoms with Crippen LogP contribution in [0.3, 0.4) is 0 Å². The minimum absolute atomic E-state index is 0.168. The summed E-state index contributed by atoms with van der Waals surface area (Å²) in [4.78, 5) is 26.6. The molecule has 2 aromatic heterocycles. The molecule has 0 spiro atoms. The summed E-state index contributed by atoms with van der Waals surface area (Å²) in [5.74, 6) is 0.0271. The SMILES string of the molecule is COc1cccc(CC(=O)COC(=O)/C(=C/c2cccs2)c2cccs2)c1. The first-order valence-electron chi connectivity index (χ1n) is 8.26. The fourth-order valence-corrected chi connectivity index (χ4v) is 3.85. The summed E-state index contributed by atoms with van der Waals surface area (Å²) in [6.45, 7) is -0.261. The maximum Gasteiger partial charge on any atom is 0.340 e. The fourth-order valence-electron chi connectivity index (χ4n) is 2.46. The molecular formula is C21H18O4S2. The third-order valence-electron chi connectivity index (χ3n) is 3.74. The zero-order chi connectivity index (χ0) is 19.1. The Hall–Kier alpha value is -2.70. The van der Waals surface area contributed by atoms with Crippen LogP contribution < -0.4 is 4.74 Å². The van der Waals surface area contributed by atoms with Gasteiger partial charge in [0.15, 0.2) is 12.4 Å². The number of methoxy groups -OCH3 is 1. The summed E-state index contributed by atoms with van der Waals surface area (Å²) in [6.07, 6.45) is 1.98. The van der Waals surface area contributed by atoms with Crippen LogP contribution >= 0.6 is 22.7 Å². The van der Waals surface area contributed by atoms with Crippen LogP contribution in [-0.2, 0) is 20.7 Å². The quantitative estimate of drug-likeness (QED) is 0.407. The molecule has 0 amide bonds. The molecule has 0 radical (unpaired) electrons. The second-order valence-corrected chi connectivity index (χ2v) is 7.62. The Morgan fingerprint density at radius 2 is 1.85 bits per heavy atom. The minimum Gasteiger partial charge on any atom is -0.497 e. The average molecular weight is 399 g/mol. The topological polar surface area (TPSA) is 52.6 Å². The summed E-state index contributed by atoms with van der Waals surface area (Å²) >= 11 is 3.00. The van der Waals surface area contributed by atoms with Crippen LogP contribution in [0, 0.1) is 0 Å². The van der Waals surface area contributed by atoms with Crippen molar-refractivity contribution >= 4 is 46.1 Å². The molecule has 2 heterocycles. The van der Waals surface area contributed by atoms with E-state index in [0.29, 0.717) is 11.3 Å². The van der Waals surface area contributed by atoms with Crippen molar-refractivity contribution in [3.05, 3.63) is 74.6 Å². The predicted octanol–water partition coefficient (Wildman–Crippen LogP) is 4.71. The molecule has 3 rings (SSSR count). The summed E-state index contributed by atoms with van der Waals surface area (Å²) in [5.41, 5.74) is 1.28. The minimum atomic E-state index is -0.496. The lowest BCUT2D eigenvalue weighted by molar-refractivity contribution is -0.141. The molecule has 6 heteroatoms. The van der Waals surface area contributed by atoms with Gasteiger partial charge >= 0.3 is 5.97 Å². The van der Waals surface area contributed by atoms with E-state index in [2.05, 4.69) is 0 Å². The number of hydrogen-bond donors (Lipinski definition) is 0. The number of esters is 1. The van der Waals surface area contributed by atoms with Gasteiger partial charge in [-0.05, 0) is 46.7 Å². The van der Waals surface area contributed by atoms with Crippen molar-refractivity contribution < 1.29 is 19.1 Å². The van der Waals surface area contributed by atoms with Crippen molar-refractivity contribution in [2.24, 2.45) is 0 Å². The zero-order valence-corrected chi connectivity index (χ0v) is 16.3. The normalized spacial score (nSPS) is 11.2. The lowest BCUT2D eigenvalue weighted by atomic mass is 10.1. The number of carbonyl (C=O) groups is 2. The van der Waals surface area contributed by atoms with Crippen molar-refractivity contribution in [1.82, 2.24) is 0 Å². The summed E-state index contributed by atoms with van der Waals surface area (Å²) in [5, 5.41) is 3.85. The molecule has 138 valence electrons. The van der Waals surface area contributed by atoms with Crippen LogP contribution in [0.2, 0.25) is 0 Å². The van der Waals surface area contributed by atoms with Crippen LogP contribution in [0.4, 0.5) is 0 Å². The van der Waals surface area contributed by atoms with Crippen molar-refractivity contribution in [3.63, 3.8) is 0 Å². The molecule has 0 aliphatic heterocycles. The van der Waals surface area contributed by atoms with E-state index in [4.69, 9.17) is 9.47 Å². The van der Waals surface area contributed by atoms with Crippen LogP contribution in [0.25, 0.3) is 11.6 Å². The van der Waals surface area contributed by atoms with Gasteiger partial charge < -0.3 is 9.47 Å². The van der Waals surface area contributed by atoms with E-state index >= 15 is 0 Å². The lowest BCUT2D eigenvalue weighted by Gasteiger charge is -2.07. The van der Waals surface area contributed by atoms with Crippen molar-refractivity contribution in [1.29, 1.82) is 0 Å². The smallest absolute Gasteiger partial charge is 0.340 e. The van der Waals surface area contributed by atoms with Gasteiger partial charge in [0, 0.05) is 16.2 Å². The number of hydrogen-bond acceptors (Lipinski definition) is 6. The van der Waals surface area contributed by atoms with Gasteiger partial charge in [0.1, 0.15) is 5.75 Å². The number of ether oxygens (including phenoxy) is 2. The molecule has 0 fully saturated rings. The second-order valence-electron chi connectivity index (χ2n) is 5.69. The highest BCUT2D eigenvalue weighted by Crippen LogP contribution is 2.26. The van der Waals surface area contributed by atoms with Crippen LogP contribution in [0.1, 0.15) is 15.3 Å². The Morgan fingerprint density at radius 3 is 2.56 bits per heavy atom. The van der Waals surface area contributed by atoms with Gasteiger partial charge in [-0.15, -0.1) is 22.7 Å². The van der Waals surface area contributed by atoms with E-state index in [1.807, 2.05) is 53.2 Å². The van der Waals surface area contributed by atoms with Gasteiger partial charge in [-0.2, -0.15) is 0 Å². The predicted molar refractivity (Wildman–Crippen MR) is 109 cm³/mol. The van der Waals surface area contributed by atoms with Gasteiger partial charge in [0.25, 0.3) is 0 Å². The number of thiophene rings is 2. The standard InChI is InChI=1S/C21H18O4S2/c1-24-17-6-2-5-15(12-17)11-16(22)14-25-21(23)19(20-8-4-10-27-20)13-18-7-3-9-26-18/h2-10,12-13H,11,14H2,1H3/b19-13+. The highest BCUT2D eigenvalue weighted by Gasteiger charge is 2.17. The molecule has 27 heavy (non-hydrogen) atoms. The number of carbonyl (C=O) groups excluding carboxylic acids is 2. The first-order valence-corrected chi connectivity index (χ1v) is 10.0. The molecule has 4 nitrogen and oxygen atoms in total. The molecule has 3 aromatic rings. The first-order chi connectivity index (χ1) is 13.2. The first kappa shape index (κ1) is 19.1. The van der Waals surface area contributed by atoms with E-state index in [9.17, 15) is 9.59 Å². The maximum absolute atomic E-state index is 12.6. The number of rotatable bonds is 8. The highest BCUT2D eigenvalue weighted by molar-refractivity contribution is 7.12. The monoisotopic (exact) mass is 398 g/mol. The average Bonchev–Trinajstić information content (AvgIpc) is 3.38. The lowest BCUT2D eigenvalue weighted by Crippen LogP contribution is -2.16. The van der Waals surface area contributed by atoms with Gasteiger partial charge in [-0.3, -0.25) is 4.79 Å². The van der Waals surface area contributed by atoms with Gasteiger partial charge in [-0.1, -0.05) is 24.3 Å². The fraction of sp³-hybridized carbons (Fsp3) is 0.143. The van der Waals surface area contributed by atoms with Gasteiger partial charge in [0.05, 0.1) is 12.7 Å². The van der Waals surface area contributed by atoms with Crippen LogP contribution in [0.5, 0.6) is 5.75 Å². The van der Waals surface area contributed by atoms with Gasteiger partial charge in [-0.25, -0.2) is 4.79 Å². The summed E-state index contributed by atoms with van der Waals surface area (Å²) in [6, 6.07) is 14.9. The van der Waals surface area contributed by atoms with E-state index in [-0.39, 0.29) is 18.8 Å². The molecule has 0 unspecified atom stereocenters. The molecule has 0 N–H and O–H groups in total. The van der Waals surface area contributed by atoms with Gasteiger partial charge in [0.2, 0.25) is 0 Å². The molecular weight excluding hydrogens is 380 g/mol. The largest absolute Gasteiger partial charge is 0.497 e. The van der Waals surface area contributed by atoms with Crippen LogP contribution in [0.15, 0.2) is 59.3 Å². The van der Waals surface area contributed by atoms with Crippen molar-refractivity contribution in [3.8, 4) is 5.75 Å². The molecule has 0 atom stereocenters. The Balaban J connectivity index is 1.64. The highest BCUT2D eigenvalue weighted by atomic mass is 32.1. The zero-order valence-electron chi connectivity index (χ0n) is 14.7. The Labute approximate surface area is 165 Å². The van der Waals surface area contributed by atoms with Crippen LogP contribution in [-0.4, -0.2) is 25.5 Å². The molecule has 0 saturated carbocycles. The third kappa shape index (κ3) is 5.39. The molecule has 0 bridgehead atoms. The molecule has 0 aliphatic carbocycles. The van der Waals surface area contributed by atoms with E-state index in [1.165, 1.54) is 22.7 Å². The number of benzene rings is 1. The Morgan fingerprint density at radius 1 is 1.04 bits per heavy atom. The molecule has 1 aromatic carbocycles.